The minimum atomic E-state index is -0.425. The molecule has 1 N–H and O–H groups in total. The Hall–Kier alpha value is -1.78. The maximum atomic E-state index is 12.1. The predicted molar refractivity (Wildman–Crippen MR) is 86.2 cm³/mol. The Labute approximate surface area is 132 Å². The smallest absolute Gasteiger partial charge is 0.410 e. The lowest BCUT2D eigenvalue weighted by Gasteiger charge is -2.34. The molecule has 1 amide bonds. The minimum absolute atomic E-state index is 0.187. The molecular weight excluding hydrogens is 278 g/mol. The van der Waals surface area contributed by atoms with Gasteiger partial charge in [-0.3, -0.25) is 0 Å². The molecule has 0 radical (unpaired) electrons. The first-order valence-electron chi connectivity index (χ1n) is 8.13. The Morgan fingerprint density at radius 2 is 2.09 bits per heavy atom. The third kappa shape index (κ3) is 3.18. The standard InChI is InChI=1S/C17H25N3O2/c1-17(2,3)22-16(21)20-10-6-12(7-11-20)13-4-8-18-15-14(13)5-9-19-15/h4,8,12H,5-7,9-11H2,1-3H3,(H,18,19). The van der Waals surface area contributed by atoms with E-state index in [1.807, 2.05) is 31.9 Å². The second-order valence-electron chi connectivity index (χ2n) is 7.15. The molecule has 1 aromatic heterocycles. The first-order valence-corrected chi connectivity index (χ1v) is 8.13. The van der Waals surface area contributed by atoms with Crippen molar-refractivity contribution in [2.24, 2.45) is 0 Å². The number of nitrogens with zero attached hydrogens (tertiary/aromatic N) is 2. The third-order valence-corrected chi connectivity index (χ3v) is 4.35. The van der Waals surface area contributed by atoms with Crippen LogP contribution in [0.4, 0.5) is 10.6 Å². The highest BCUT2D eigenvalue weighted by Crippen LogP contribution is 2.34. The van der Waals surface area contributed by atoms with Gasteiger partial charge in [0, 0.05) is 25.8 Å². The molecule has 0 bridgehead atoms. The van der Waals surface area contributed by atoms with Crippen LogP contribution in [0.15, 0.2) is 12.3 Å². The van der Waals surface area contributed by atoms with Gasteiger partial charge in [-0.1, -0.05) is 0 Å². The van der Waals surface area contributed by atoms with Crippen molar-refractivity contribution in [2.75, 3.05) is 25.0 Å². The van der Waals surface area contributed by atoms with Crippen LogP contribution >= 0.6 is 0 Å². The van der Waals surface area contributed by atoms with Gasteiger partial charge in [-0.05, 0) is 63.1 Å². The largest absolute Gasteiger partial charge is 0.444 e. The number of amides is 1. The van der Waals surface area contributed by atoms with Gasteiger partial charge in [0.1, 0.15) is 11.4 Å². The Morgan fingerprint density at radius 1 is 1.36 bits per heavy atom. The fourth-order valence-electron chi connectivity index (χ4n) is 3.31. The summed E-state index contributed by atoms with van der Waals surface area (Å²) in [7, 11) is 0. The molecule has 0 aromatic carbocycles. The maximum absolute atomic E-state index is 12.1. The lowest BCUT2D eigenvalue weighted by Crippen LogP contribution is -2.41. The molecule has 1 fully saturated rings. The van der Waals surface area contributed by atoms with Crippen molar-refractivity contribution in [1.29, 1.82) is 0 Å². The fraction of sp³-hybridized carbons (Fsp3) is 0.647. The molecule has 3 rings (SSSR count). The van der Waals surface area contributed by atoms with E-state index in [-0.39, 0.29) is 6.09 Å². The zero-order valence-corrected chi connectivity index (χ0v) is 13.7. The number of rotatable bonds is 1. The number of nitrogens with one attached hydrogen (secondary N) is 1. The van der Waals surface area contributed by atoms with Gasteiger partial charge >= 0.3 is 6.09 Å². The summed E-state index contributed by atoms with van der Waals surface area (Å²) in [5, 5.41) is 3.34. The summed E-state index contributed by atoms with van der Waals surface area (Å²) in [5.74, 6) is 1.57. The van der Waals surface area contributed by atoms with Gasteiger partial charge in [0.15, 0.2) is 0 Å². The number of anilines is 1. The number of likely N-dealkylation sites (tertiary alicyclic amines) is 1. The molecule has 0 unspecified atom stereocenters. The Morgan fingerprint density at radius 3 is 2.77 bits per heavy atom. The first kappa shape index (κ1) is 15.1. The SMILES string of the molecule is CC(C)(C)OC(=O)N1CCC(c2ccnc3c2CCN3)CC1. The molecule has 2 aliphatic rings. The van der Waals surface area contributed by atoms with Crippen molar-refractivity contribution in [3.8, 4) is 0 Å². The van der Waals surface area contributed by atoms with Gasteiger partial charge in [-0.25, -0.2) is 9.78 Å². The number of pyridine rings is 1. The zero-order valence-electron chi connectivity index (χ0n) is 13.7. The summed E-state index contributed by atoms with van der Waals surface area (Å²) in [5.41, 5.74) is 2.36. The number of fused-ring (bicyclic) bond motifs is 1. The molecule has 5 heteroatoms. The molecule has 0 spiro atoms. The summed E-state index contributed by atoms with van der Waals surface area (Å²) < 4.78 is 5.46. The number of ether oxygens (including phenoxy) is 1. The van der Waals surface area contributed by atoms with Crippen LogP contribution < -0.4 is 5.32 Å². The highest BCUT2D eigenvalue weighted by atomic mass is 16.6. The Kier molecular flexibility index (Phi) is 3.98. The van der Waals surface area contributed by atoms with Gasteiger partial charge in [-0.15, -0.1) is 0 Å². The van der Waals surface area contributed by atoms with Crippen LogP contribution in [0.25, 0.3) is 0 Å². The molecule has 0 saturated carbocycles. The molecule has 1 aromatic rings. The predicted octanol–water partition coefficient (Wildman–Crippen LogP) is 3.16. The van der Waals surface area contributed by atoms with Crippen LogP contribution in [0, 0.1) is 0 Å². The molecule has 0 aliphatic carbocycles. The van der Waals surface area contributed by atoms with Crippen LogP contribution in [0.5, 0.6) is 0 Å². The molecule has 22 heavy (non-hydrogen) atoms. The van der Waals surface area contributed by atoms with E-state index in [0.717, 1.165) is 44.7 Å². The summed E-state index contributed by atoms with van der Waals surface area (Å²) in [6, 6.07) is 2.15. The second kappa shape index (κ2) is 5.78. The van der Waals surface area contributed by atoms with Gasteiger partial charge in [0.05, 0.1) is 0 Å². The summed E-state index contributed by atoms with van der Waals surface area (Å²) >= 11 is 0. The fourth-order valence-corrected chi connectivity index (χ4v) is 3.31. The van der Waals surface area contributed by atoms with Crippen molar-refractivity contribution in [3.63, 3.8) is 0 Å². The quantitative estimate of drug-likeness (QED) is 0.866. The van der Waals surface area contributed by atoms with E-state index in [9.17, 15) is 4.79 Å². The molecule has 120 valence electrons. The lowest BCUT2D eigenvalue weighted by atomic mass is 9.87. The number of aromatic nitrogens is 1. The van der Waals surface area contributed by atoms with Crippen molar-refractivity contribution in [1.82, 2.24) is 9.88 Å². The van der Waals surface area contributed by atoms with Gasteiger partial charge in [0.2, 0.25) is 0 Å². The van der Waals surface area contributed by atoms with E-state index >= 15 is 0 Å². The highest BCUT2D eigenvalue weighted by molar-refractivity contribution is 5.68. The molecular formula is C17H25N3O2. The molecule has 5 nitrogen and oxygen atoms in total. The number of carbonyl (C=O) groups is 1. The maximum Gasteiger partial charge on any atom is 0.410 e. The van der Waals surface area contributed by atoms with Gasteiger partial charge < -0.3 is 15.0 Å². The lowest BCUT2D eigenvalue weighted by molar-refractivity contribution is 0.0204. The zero-order chi connectivity index (χ0) is 15.7. The van der Waals surface area contributed by atoms with Crippen molar-refractivity contribution in [3.05, 3.63) is 23.4 Å². The number of piperidine rings is 1. The van der Waals surface area contributed by atoms with Crippen LogP contribution in [0.3, 0.4) is 0 Å². The van der Waals surface area contributed by atoms with Crippen molar-refractivity contribution < 1.29 is 9.53 Å². The average Bonchev–Trinajstić information content (AvgIpc) is 2.94. The Bertz CT molecular complexity index is 558. The van der Waals surface area contributed by atoms with Gasteiger partial charge in [-0.2, -0.15) is 0 Å². The third-order valence-electron chi connectivity index (χ3n) is 4.35. The van der Waals surface area contributed by atoms with E-state index in [0.29, 0.717) is 5.92 Å². The molecule has 0 atom stereocenters. The van der Waals surface area contributed by atoms with Crippen LogP contribution in [-0.2, 0) is 11.2 Å². The number of hydrogen-bond acceptors (Lipinski definition) is 4. The van der Waals surface area contributed by atoms with Crippen LogP contribution in [0.2, 0.25) is 0 Å². The Balaban J connectivity index is 1.63. The van der Waals surface area contributed by atoms with E-state index in [2.05, 4.69) is 16.4 Å². The highest BCUT2D eigenvalue weighted by Gasteiger charge is 2.29. The van der Waals surface area contributed by atoms with E-state index in [1.54, 1.807) is 0 Å². The normalized spacial score (nSPS) is 18.8. The summed E-state index contributed by atoms with van der Waals surface area (Å²) in [6.07, 6.45) is 4.76. The second-order valence-corrected chi connectivity index (χ2v) is 7.15. The molecule has 1 saturated heterocycles. The van der Waals surface area contributed by atoms with Crippen LogP contribution in [0.1, 0.15) is 50.7 Å². The van der Waals surface area contributed by atoms with Crippen LogP contribution in [-0.4, -0.2) is 41.2 Å². The molecule has 2 aliphatic heterocycles. The van der Waals surface area contributed by atoms with E-state index in [1.165, 1.54) is 11.1 Å². The summed E-state index contributed by atoms with van der Waals surface area (Å²) in [4.78, 5) is 18.4. The van der Waals surface area contributed by atoms with E-state index in [4.69, 9.17) is 4.74 Å². The summed E-state index contributed by atoms with van der Waals surface area (Å²) in [6.45, 7) is 8.24. The average molecular weight is 303 g/mol. The van der Waals surface area contributed by atoms with Crippen molar-refractivity contribution >= 4 is 11.9 Å². The van der Waals surface area contributed by atoms with Gasteiger partial charge in [0.25, 0.3) is 0 Å². The minimum Gasteiger partial charge on any atom is -0.444 e. The number of carbonyl (C=O) groups excluding carboxylic acids is 1. The molecule has 3 heterocycles. The van der Waals surface area contributed by atoms with Crippen molar-refractivity contribution in [2.45, 2.75) is 51.6 Å². The van der Waals surface area contributed by atoms with E-state index < -0.39 is 5.60 Å². The monoisotopic (exact) mass is 303 g/mol. The first-order chi connectivity index (χ1) is 10.4. The number of hydrogen-bond donors (Lipinski definition) is 1. The topological polar surface area (TPSA) is 54.5 Å².